The van der Waals surface area contributed by atoms with Gasteiger partial charge >= 0.3 is 0 Å². The smallest absolute Gasteiger partial charge is 0.141 e. The molecule has 0 N–H and O–H groups in total. The van der Waals surface area contributed by atoms with Crippen molar-refractivity contribution in [3.8, 4) is 0 Å². The molecule has 4 nitrogen and oxygen atoms in total. The number of hydrogen-bond acceptors (Lipinski definition) is 4. The molecular formula is C39H40B6ClFN4. The Morgan fingerprint density at radius 3 is 1.33 bits per heavy atom. The zero-order valence-electron chi connectivity index (χ0n) is 29.4. The maximum absolute atomic E-state index is 12.5. The lowest BCUT2D eigenvalue weighted by Gasteiger charge is -1.96. The molecule has 3 heterocycles. The van der Waals surface area contributed by atoms with Crippen LogP contribution in [0.15, 0.2) is 110 Å². The molecule has 0 spiro atoms. The van der Waals surface area contributed by atoms with E-state index in [0.717, 1.165) is 38.6 Å². The summed E-state index contributed by atoms with van der Waals surface area (Å²) in [6.07, 6.45) is 6.56. The quantitative estimate of drug-likeness (QED) is 0.229. The summed E-state index contributed by atoms with van der Waals surface area (Å²) in [6, 6.07) is 25.4. The highest BCUT2D eigenvalue weighted by Crippen LogP contribution is 2.10. The van der Waals surface area contributed by atoms with E-state index in [4.69, 9.17) is 58.7 Å². The lowest BCUT2D eigenvalue weighted by molar-refractivity contribution is 0.619. The van der Waals surface area contributed by atoms with Gasteiger partial charge in [-0.1, -0.05) is 125 Å². The summed E-state index contributed by atoms with van der Waals surface area (Å²) in [5.74, 6) is 0.509. The SMILES string of the molecule is C.[B]c1ccc(C)c(Cl)c1.[B]c1ccc(C)c(F)c1.[B]c1ccc(C)cc1.[B]c1ccc(C)cn1.[B]c1ccc(C)nc1.[B]c1cnc(C)nc1. The van der Waals surface area contributed by atoms with Crippen LogP contribution in [0.2, 0.25) is 5.02 Å². The lowest BCUT2D eigenvalue weighted by atomic mass is 9.95. The van der Waals surface area contributed by atoms with Gasteiger partial charge in [0, 0.05) is 35.5 Å². The van der Waals surface area contributed by atoms with Gasteiger partial charge in [0.1, 0.15) is 58.7 Å². The van der Waals surface area contributed by atoms with Gasteiger partial charge in [0.15, 0.2) is 0 Å². The molecule has 0 saturated carbocycles. The molecular weight excluding hydrogens is 644 g/mol. The summed E-state index contributed by atoms with van der Waals surface area (Å²) in [5, 5.41) is 0.731. The molecule has 0 aliphatic rings. The summed E-state index contributed by atoms with van der Waals surface area (Å²) >= 11 is 5.73. The Labute approximate surface area is 318 Å². The highest BCUT2D eigenvalue weighted by molar-refractivity contribution is 6.36. The number of aromatic nitrogens is 4. The van der Waals surface area contributed by atoms with Crippen molar-refractivity contribution in [1.82, 2.24) is 19.9 Å². The fourth-order valence-corrected chi connectivity index (χ4v) is 3.33. The molecule has 0 amide bonds. The zero-order chi connectivity index (χ0) is 37.6. The van der Waals surface area contributed by atoms with Crippen molar-refractivity contribution >= 4 is 91.6 Å². The highest BCUT2D eigenvalue weighted by atomic mass is 35.5. The first-order chi connectivity index (χ1) is 23.5. The molecule has 6 rings (SSSR count). The van der Waals surface area contributed by atoms with E-state index in [1.165, 1.54) is 11.6 Å². The van der Waals surface area contributed by atoms with Gasteiger partial charge in [-0.3, -0.25) is 9.97 Å². The van der Waals surface area contributed by atoms with Crippen LogP contribution >= 0.6 is 11.6 Å². The van der Waals surface area contributed by atoms with E-state index in [9.17, 15) is 4.39 Å². The van der Waals surface area contributed by atoms with Crippen molar-refractivity contribution in [2.24, 2.45) is 0 Å². The number of halogens is 2. The van der Waals surface area contributed by atoms with E-state index in [0.29, 0.717) is 27.5 Å². The number of nitrogens with zero attached hydrogens (tertiary/aromatic N) is 4. The summed E-state index contributed by atoms with van der Waals surface area (Å²) < 4.78 is 12.5. The minimum absolute atomic E-state index is 0. The van der Waals surface area contributed by atoms with E-state index in [2.05, 4.69) is 19.9 Å². The summed E-state index contributed by atoms with van der Waals surface area (Å²) in [6.45, 7) is 11.4. The van der Waals surface area contributed by atoms with Crippen molar-refractivity contribution in [1.29, 1.82) is 0 Å². The second-order valence-corrected chi connectivity index (χ2v) is 11.4. The molecule has 12 heteroatoms. The number of rotatable bonds is 0. The molecule has 3 aromatic carbocycles. The highest BCUT2D eigenvalue weighted by Gasteiger charge is 1.93. The molecule has 12 radical (unpaired) electrons. The van der Waals surface area contributed by atoms with Gasteiger partial charge < -0.3 is 0 Å². The average molecular weight is 684 g/mol. The Morgan fingerprint density at radius 1 is 0.471 bits per heavy atom. The number of pyridine rings is 2. The predicted octanol–water partition coefficient (Wildman–Crippen LogP) is 3.74. The van der Waals surface area contributed by atoms with Crippen LogP contribution in [0, 0.1) is 47.4 Å². The number of aryl methyl sites for hydroxylation is 6. The van der Waals surface area contributed by atoms with Crippen molar-refractivity contribution in [2.75, 3.05) is 0 Å². The first-order valence-electron chi connectivity index (χ1n) is 15.3. The van der Waals surface area contributed by atoms with E-state index < -0.39 is 0 Å². The summed E-state index contributed by atoms with van der Waals surface area (Å²) in [7, 11) is 32.1. The third-order valence-electron chi connectivity index (χ3n) is 6.14. The Balaban J connectivity index is 0.000000586. The zero-order valence-corrected chi connectivity index (χ0v) is 30.2. The van der Waals surface area contributed by atoms with E-state index in [-0.39, 0.29) is 13.2 Å². The molecule has 0 bridgehead atoms. The Bertz CT molecular complexity index is 1520. The van der Waals surface area contributed by atoms with Crippen LogP contribution in [0.25, 0.3) is 0 Å². The van der Waals surface area contributed by atoms with Crippen molar-refractivity contribution in [3.05, 3.63) is 154 Å². The van der Waals surface area contributed by atoms with Crippen LogP contribution in [0.3, 0.4) is 0 Å². The fourth-order valence-electron chi connectivity index (χ4n) is 3.15. The van der Waals surface area contributed by atoms with Gasteiger partial charge in [0.05, 0.1) is 0 Å². The maximum Gasteiger partial charge on any atom is 0.141 e. The molecule has 0 aliphatic heterocycles. The van der Waals surface area contributed by atoms with Crippen LogP contribution in [0.5, 0.6) is 0 Å². The van der Waals surface area contributed by atoms with Crippen molar-refractivity contribution in [3.63, 3.8) is 0 Å². The second kappa shape index (κ2) is 25.6. The largest absolute Gasteiger partial charge is 0.273 e. The van der Waals surface area contributed by atoms with Gasteiger partial charge in [-0.05, 0) is 76.0 Å². The minimum Gasteiger partial charge on any atom is -0.273 e. The van der Waals surface area contributed by atoms with Crippen LogP contribution < -0.4 is 32.9 Å². The molecule has 0 aliphatic carbocycles. The summed E-state index contributed by atoms with van der Waals surface area (Å²) in [4.78, 5) is 15.5. The predicted molar refractivity (Wildman–Crippen MR) is 222 cm³/mol. The van der Waals surface area contributed by atoms with Crippen molar-refractivity contribution < 1.29 is 4.39 Å². The molecule has 0 unspecified atom stereocenters. The molecule has 51 heavy (non-hydrogen) atoms. The molecule has 6 aromatic rings. The van der Waals surface area contributed by atoms with Crippen LogP contribution in [-0.4, -0.2) is 67.0 Å². The van der Waals surface area contributed by atoms with Crippen LogP contribution in [0.4, 0.5) is 4.39 Å². The van der Waals surface area contributed by atoms with Crippen molar-refractivity contribution in [2.45, 2.75) is 49.0 Å². The lowest BCUT2D eigenvalue weighted by Crippen LogP contribution is -2.05. The normalized spacial score (nSPS) is 9.10. The Morgan fingerprint density at radius 2 is 0.961 bits per heavy atom. The average Bonchev–Trinajstić information content (AvgIpc) is 3.08. The minimum atomic E-state index is -0.241. The molecule has 0 atom stereocenters. The number of hydrogen-bond donors (Lipinski definition) is 0. The van der Waals surface area contributed by atoms with Gasteiger partial charge in [0.2, 0.25) is 0 Å². The standard InChI is InChI=1S/C7H6BCl.C7H6BF.C7H7B.2C6H6BN.C5H5BN2.CH4/c2*1-5-2-3-6(8)4-7(5)9;1-6-2-4-7(8)5-3-6;1-5-2-3-6(7)4-8-5;1-5-2-3-6(7)8-4-5;1-4-7-2-5(6)3-8-4;/h2*2-4H,1H3;2-5H,1H3;2*2-4H,1H3;2-3H,1H3;1H4. The number of benzene rings is 3. The van der Waals surface area contributed by atoms with Gasteiger partial charge in [-0.15, -0.1) is 0 Å². The van der Waals surface area contributed by atoms with Gasteiger partial charge in [-0.2, -0.15) is 0 Å². The monoisotopic (exact) mass is 684 g/mol. The van der Waals surface area contributed by atoms with E-state index in [1.807, 2.05) is 89.2 Å². The molecule has 3 aromatic heterocycles. The van der Waals surface area contributed by atoms with Gasteiger partial charge in [-0.25, -0.2) is 14.4 Å². The fraction of sp³-hybridized carbons (Fsp3) is 0.179. The summed E-state index contributed by atoms with van der Waals surface area (Å²) in [5.41, 5.74) is 8.99. The third-order valence-corrected chi connectivity index (χ3v) is 6.55. The molecule has 0 fully saturated rings. The van der Waals surface area contributed by atoms with Gasteiger partial charge in [0.25, 0.3) is 0 Å². The Hall–Kier alpha value is -4.35. The first kappa shape index (κ1) is 46.6. The second-order valence-electron chi connectivity index (χ2n) is 11.0. The molecule has 0 saturated heterocycles. The first-order valence-corrected chi connectivity index (χ1v) is 15.7. The topological polar surface area (TPSA) is 51.6 Å². The maximum atomic E-state index is 12.5. The van der Waals surface area contributed by atoms with E-state index in [1.54, 1.807) is 56.0 Å². The third kappa shape index (κ3) is 22.9. The van der Waals surface area contributed by atoms with Crippen LogP contribution in [-0.2, 0) is 0 Å². The Kier molecular flexibility index (Phi) is 23.4. The van der Waals surface area contributed by atoms with E-state index >= 15 is 0 Å². The van der Waals surface area contributed by atoms with Crippen LogP contribution in [0.1, 0.15) is 41.2 Å². The molecule has 248 valence electrons.